The van der Waals surface area contributed by atoms with E-state index in [0.29, 0.717) is 52.7 Å². The fourth-order valence-electron chi connectivity index (χ4n) is 4.22. The van der Waals surface area contributed by atoms with Gasteiger partial charge >= 0.3 is 0 Å². The molecule has 7 heteroatoms. The summed E-state index contributed by atoms with van der Waals surface area (Å²) in [6, 6.07) is 22.0. The third-order valence-electron chi connectivity index (χ3n) is 6.16. The number of carbonyl (C=O) groups is 1. The van der Waals surface area contributed by atoms with Crippen molar-refractivity contribution in [3.63, 3.8) is 0 Å². The standard InChI is InChI=1S/C28H27Cl2N3O2/c1-19-23(30)13-8-15-25(19)33-27(31-24-14-7-6-12-22(24)28(33)35)20(2)32(26(34)16-9-17-29)18-21-10-4-3-5-11-21/h3-8,10-15,20H,9,16-18H2,1-2H3. The average Bonchev–Trinajstić information content (AvgIpc) is 2.88. The van der Waals surface area contributed by atoms with E-state index in [9.17, 15) is 9.59 Å². The zero-order valence-corrected chi connectivity index (χ0v) is 21.3. The van der Waals surface area contributed by atoms with Crippen molar-refractivity contribution in [3.05, 3.63) is 105 Å². The maximum atomic E-state index is 13.8. The first-order chi connectivity index (χ1) is 16.9. The number of nitrogens with zero attached hydrogens (tertiary/aromatic N) is 3. The summed E-state index contributed by atoms with van der Waals surface area (Å²) < 4.78 is 1.60. The molecule has 3 aromatic carbocycles. The van der Waals surface area contributed by atoms with Crippen LogP contribution >= 0.6 is 23.2 Å². The van der Waals surface area contributed by atoms with Crippen LogP contribution < -0.4 is 5.56 Å². The number of alkyl halides is 1. The van der Waals surface area contributed by atoms with Crippen LogP contribution in [0.3, 0.4) is 0 Å². The first-order valence-corrected chi connectivity index (χ1v) is 12.5. The summed E-state index contributed by atoms with van der Waals surface area (Å²) in [5, 5.41) is 1.06. The van der Waals surface area contributed by atoms with Crippen LogP contribution in [0.25, 0.3) is 16.6 Å². The number of rotatable bonds is 8. The molecule has 0 N–H and O–H groups in total. The number of amides is 1. The Labute approximate surface area is 214 Å². The molecule has 0 saturated heterocycles. The highest BCUT2D eigenvalue weighted by Crippen LogP contribution is 2.28. The van der Waals surface area contributed by atoms with E-state index in [4.69, 9.17) is 28.2 Å². The molecule has 35 heavy (non-hydrogen) atoms. The first-order valence-electron chi connectivity index (χ1n) is 11.6. The lowest BCUT2D eigenvalue weighted by Crippen LogP contribution is -2.37. The minimum Gasteiger partial charge on any atom is -0.328 e. The molecule has 0 spiro atoms. The van der Waals surface area contributed by atoms with Gasteiger partial charge in [0, 0.05) is 23.9 Å². The molecule has 0 aliphatic heterocycles. The second kappa shape index (κ2) is 11.1. The van der Waals surface area contributed by atoms with Gasteiger partial charge in [0.25, 0.3) is 5.56 Å². The van der Waals surface area contributed by atoms with Crippen LogP contribution in [0.15, 0.2) is 77.6 Å². The van der Waals surface area contributed by atoms with Gasteiger partial charge in [0.15, 0.2) is 0 Å². The van der Waals surface area contributed by atoms with E-state index >= 15 is 0 Å². The number of hydrogen-bond donors (Lipinski definition) is 0. The highest BCUT2D eigenvalue weighted by Gasteiger charge is 2.27. The number of hydrogen-bond acceptors (Lipinski definition) is 3. The van der Waals surface area contributed by atoms with Crippen LogP contribution in [0.4, 0.5) is 0 Å². The molecule has 0 bridgehead atoms. The Kier molecular flexibility index (Phi) is 7.89. The molecule has 4 aromatic rings. The molecule has 0 aliphatic carbocycles. The summed E-state index contributed by atoms with van der Waals surface area (Å²) in [6.45, 7) is 4.18. The van der Waals surface area contributed by atoms with Crippen LogP contribution in [0, 0.1) is 6.92 Å². The van der Waals surface area contributed by atoms with E-state index in [1.54, 1.807) is 21.6 Å². The molecule has 0 aliphatic rings. The summed E-state index contributed by atoms with van der Waals surface area (Å²) in [4.78, 5) is 33.8. The van der Waals surface area contributed by atoms with Gasteiger partial charge in [0.2, 0.25) is 5.91 Å². The molecular formula is C28H27Cl2N3O2. The Bertz CT molecular complexity index is 1400. The highest BCUT2D eigenvalue weighted by molar-refractivity contribution is 6.31. The molecular weight excluding hydrogens is 481 g/mol. The molecule has 1 atom stereocenters. The van der Waals surface area contributed by atoms with Crippen molar-refractivity contribution >= 4 is 40.0 Å². The van der Waals surface area contributed by atoms with Crippen LogP contribution in [-0.4, -0.2) is 26.2 Å². The van der Waals surface area contributed by atoms with E-state index in [-0.39, 0.29) is 11.5 Å². The van der Waals surface area contributed by atoms with Gasteiger partial charge in [-0.2, -0.15) is 0 Å². The fraction of sp³-hybridized carbons (Fsp3) is 0.250. The van der Waals surface area contributed by atoms with Gasteiger partial charge in [-0.1, -0.05) is 60.1 Å². The lowest BCUT2D eigenvalue weighted by atomic mass is 10.1. The van der Waals surface area contributed by atoms with Crippen molar-refractivity contribution in [2.24, 2.45) is 0 Å². The van der Waals surface area contributed by atoms with Crippen molar-refractivity contribution in [2.45, 2.75) is 39.3 Å². The van der Waals surface area contributed by atoms with Gasteiger partial charge in [-0.05, 0) is 55.7 Å². The summed E-state index contributed by atoms with van der Waals surface area (Å²) in [5.41, 5.74) is 2.80. The highest BCUT2D eigenvalue weighted by atomic mass is 35.5. The second-order valence-corrected chi connectivity index (χ2v) is 9.27. The summed E-state index contributed by atoms with van der Waals surface area (Å²) in [7, 11) is 0. The van der Waals surface area contributed by atoms with E-state index in [2.05, 4.69) is 0 Å². The quantitative estimate of drug-likeness (QED) is 0.257. The molecule has 1 heterocycles. The molecule has 1 aromatic heterocycles. The van der Waals surface area contributed by atoms with Gasteiger partial charge in [0.05, 0.1) is 22.6 Å². The van der Waals surface area contributed by atoms with Crippen molar-refractivity contribution in [3.8, 4) is 5.69 Å². The Morgan fingerprint density at radius 2 is 1.74 bits per heavy atom. The Balaban J connectivity index is 1.92. The van der Waals surface area contributed by atoms with Crippen LogP contribution in [0.5, 0.6) is 0 Å². The Morgan fingerprint density at radius 3 is 2.49 bits per heavy atom. The number of fused-ring (bicyclic) bond motifs is 1. The van der Waals surface area contributed by atoms with E-state index in [1.807, 2.05) is 74.5 Å². The van der Waals surface area contributed by atoms with Gasteiger partial charge in [-0.3, -0.25) is 14.2 Å². The topological polar surface area (TPSA) is 55.2 Å². The third kappa shape index (κ3) is 5.26. The van der Waals surface area contributed by atoms with E-state index in [1.165, 1.54) is 0 Å². The lowest BCUT2D eigenvalue weighted by molar-refractivity contribution is -0.134. The summed E-state index contributed by atoms with van der Waals surface area (Å²) >= 11 is 12.3. The molecule has 5 nitrogen and oxygen atoms in total. The molecule has 0 saturated carbocycles. The second-order valence-electron chi connectivity index (χ2n) is 8.49. The SMILES string of the molecule is Cc1c(Cl)cccc1-n1c(C(C)N(Cc2ccccc2)C(=O)CCCCl)nc2ccccc2c1=O. The Hall–Kier alpha value is -3.15. The molecule has 180 valence electrons. The predicted molar refractivity (Wildman–Crippen MR) is 142 cm³/mol. The van der Waals surface area contributed by atoms with Crippen LogP contribution in [-0.2, 0) is 11.3 Å². The van der Waals surface area contributed by atoms with Crippen molar-refractivity contribution in [1.82, 2.24) is 14.5 Å². The molecule has 4 rings (SSSR count). The van der Waals surface area contributed by atoms with Gasteiger partial charge in [-0.25, -0.2) is 4.98 Å². The molecule has 1 amide bonds. The zero-order chi connectivity index (χ0) is 24.9. The predicted octanol–water partition coefficient (Wildman–Crippen LogP) is 6.46. The number of benzene rings is 3. The fourth-order valence-corrected chi connectivity index (χ4v) is 4.53. The van der Waals surface area contributed by atoms with Gasteiger partial charge in [0.1, 0.15) is 5.82 Å². The average molecular weight is 508 g/mol. The minimum atomic E-state index is -0.492. The van der Waals surface area contributed by atoms with Gasteiger partial charge in [-0.15, -0.1) is 11.6 Å². The number of halogens is 2. The van der Waals surface area contributed by atoms with Crippen LogP contribution in [0.2, 0.25) is 5.02 Å². The normalized spacial score (nSPS) is 12.0. The van der Waals surface area contributed by atoms with Crippen molar-refractivity contribution in [1.29, 1.82) is 0 Å². The molecule has 1 unspecified atom stereocenters. The summed E-state index contributed by atoms with van der Waals surface area (Å²) in [5.74, 6) is 0.841. The van der Waals surface area contributed by atoms with Crippen LogP contribution in [0.1, 0.15) is 42.8 Å². The monoisotopic (exact) mass is 507 g/mol. The minimum absolute atomic E-state index is 0.0428. The molecule has 0 radical (unpaired) electrons. The Morgan fingerprint density at radius 1 is 1.03 bits per heavy atom. The first kappa shape index (κ1) is 25.0. The van der Waals surface area contributed by atoms with E-state index < -0.39 is 6.04 Å². The van der Waals surface area contributed by atoms with Gasteiger partial charge < -0.3 is 4.90 Å². The number of para-hydroxylation sites is 1. The number of aromatic nitrogens is 2. The smallest absolute Gasteiger partial charge is 0.266 e. The zero-order valence-electron chi connectivity index (χ0n) is 19.7. The summed E-state index contributed by atoms with van der Waals surface area (Å²) in [6.07, 6.45) is 0.887. The maximum absolute atomic E-state index is 13.8. The van der Waals surface area contributed by atoms with Crippen molar-refractivity contribution in [2.75, 3.05) is 5.88 Å². The number of carbonyl (C=O) groups excluding carboxylic acids is 1. The van der Waals surface area contributed by atoms with Crippen molar-refractivity contribution < 1.29 is 4.79 Å². The maximum Gasteiger partial charge on any atom is 0.266 e. The third-order valence-corrected chi connectivity index (χ3v) is 6.84. The van der Waals surface area contributed by atoms with E-state index in [0.717, 1.165) is 11.1 Å². The lowest BCUT2D eigenvalue weighted by Gasteiger charge is -2.31. The largest absolute Gasteiger partial charge is 0.328 e. The molecule has 0 fully saturated rings.